The quantitative estimate of drug-likeness (QED) is 0.268. The summed E-state index contributed by atoms with van der Waals surface area (Å²) in [5.74, 6) is 0.132. The molecular weight excluding hydrogens is 440 g/mol. The maximum absolute atomic E-state index is 12.5. The lowest BCUT2D eigenvalue weighted by atomic mass is 10.1. The van der Waals surface area contributed by atoms with Crippen LogP contribution in [0.25, 0.3) is 23.0 Å². The van der Waals surface area contributed by atoms with Crippen LogP contribution in [0.15, 0.2) is 60.3 Å². The van der Waals surface area contributed by atoms with Crippen molar-refractivity contribution < 1.29 is 14.3 Å². The minimum atomic E-state index is -0.447. The first-order valence-corrected chi connectivity index (χ1v) is 10.9. The Morgan fingerprint density at radius 3 is 2.73 bits per heavy atom. The first kappa shape index (κ1) is 24.1. The van der Waals surface area contributed by atoms with Gasteiger partial charge in [-0.3, -0.25) is 4.79 Å². The number of methoxy groups -OCH3 is 1. The molecule has 3 rings (SSSR count). The molecule has 0 unspecified atom stereocenters. The zero-order valence-corrected chi connectivity index (χ0v) is 19.3. The second-order valence-electron chi connectivity index (χ2n) is 7.06. The summed E-state index contributed by atoms with van der Waals surface area (Å²) in [6, 6.07) is 17.0. The predicted octanol–water partition coefficient (Wildman–Crippen LogP) is 4.65. The first-order valence-electron chi connectivity index (χ1n) is 10.5. The number of aromatic nitrogens is 2. The number of nitriles is 1. The van der Waals surface area contributed by atoms with E-state index in [2.05, 4.69) is 5.32 Å². The molecule has 0 radical (unpaired) electrons. The van der Waals surface area contributed by atoms with E-state index in [1.54, 1.807) is 30.1 Å². The lowest BCUT2D eigenvalue weighted by molar-refractivity contribution is -0.117. The molecule has 0 saturated carbocycles. The van der Waals surface area contributed by atoms with Crippen molar-refractivity contribution in [1.29, 1.82) is 5.26 Å². The highest BCUT2D eigenvalue weighted by Crippen LogP contribution is 2.32. The topological polar surface area (TPSA) is 89.2 Å². The monoisotopic (exact) mass is 464 g/mol. The van der Waals surface area contributed by atoms with Gasteiger partial charge in [0.15, 0.2) is 0 Å². The highest BCUT2D eigenvalue weighted by molar-refractivity contribution is 6.32. The van der Waals surface area contributed by atoms with Crippen molar-refractivity contribution in [3.8, 4) is 28.8 Å². The van der Waals surface area contributed by atoms with E-state index >= 15 is 0 Å². The first-order chi connectivity index (χ1) is 16.1. The summed E-state index contributed by atoms with van der Waals surface area (Å²) >= 11 is 6.40. The molecule has 7 nitrogen and oxygen atoms in total. The van der Waals surface area contributed by atoms with Gasteiger partial charge in [0.25, 0.3) is 5.91 Å². The maximum atomic E-state index is 12.5. The van der Waals surface area contributed by atoms with E-state index in [0.29, 0.717) is 48.2 Å². The van der Waals surface area contributed by atoms with Crippen LogP contribution in [-0.2, 0) is 9.53 Å². The van der Waals surface area contributed by atoms with E-state index in [-0.39, 0.29) is 5.57 Å². The second-order valence-corrected chi connectivity index (χ2v) is 7.47. The summed E-state index contributed by atoms with van der Waals surface area (Å²) in [6.45, 7) is 3.33. The number of ether oxygens (including phenoxy) is 2. The van der Waals surface area contributed by atoms with Crippen LogP contribution in [0.3, 0.4) is 0 Å². The van der Waals surface area contributed by atoms with Gasteiger partial charge in [-0.2, -0.15) is 10.4 Å². The van der Waals surface area contributed by atoms with Crippen LogP contribution in [0.1, 0.15) is 18.9 Å². The number of hydrogen-bond donors (Lipinski definition) is 1. The van der Waals surface area contributed by atoms with Gasteiger partial charge in [0.05, 0.1) is 17.3 Å². The van der Waals surface area contributed by atoms with Crippen molar-refractivity contribution in [1.82, 2.24) is 15.1 Å². The van der Waals surface area contributed by atoms with Crippen LogP contribution in [0.2, 0.25) is 5.02 Å². The van der Waals surface area contributed by atoms with Gasteiger partial charge in [-0.05, 0) is 49.8 Å². The van der Waals surface area contributed by atoms with Gasteiger partial charge in [0, 0.05) is 37.6 Å². The van der Waals surface area contributed by atoms with E-state index in [4.69, 9.17) is 26.2 Å². The molecule has 8 heteroatoms. The number of halogens is 1. The number of nitrogens with one attached hydrogen (secondary N) is 1. The van der Waals surface area contributed by atoms with Gasteiger partial charge in [-0.15, -0.1) is 0 Å². The van der Waals surface area contributed by atoms with Crippen molar-refractivity contribution in [2.75, 3.05) is 26.9 Å². The Labute approximate surface area is 198 Å². The van der Waals surface area contributed by atoms with E-state index < -0.39 is 5.91 Å². The normalized spacial score (nSPS) is 11.2. The SMILES string of the molecule is CCOc1ccc(-c2nn(-c3ccccc3)cc2C=C(C#N)C(=O)NCCCOC)cc1Cl. The molecule has 0 fully saturated rings. The summed E-state index contributed by atoms with van der Waals surface area (Å²) in [5.41, 5.74) is 2.77. The fraction of sp³-hybridized carbons (Fsp3) is 0.240. The lowest BCUT2D eigenvalue weighted by Crippen LogP contribution is -2.26. The maximum Gasteiger partial charge on any atom is 0.261 e. The zero-order chi connectivity index (χ0) is 23.6. The highest BCUT2D eigenvalue weighted by atomic mass is 35.5. The number of carbonyl (C=O) groups excluding carboxylic acids is 1. The van der Waals surface area contributed by atoms with Crippen LogP contribution in [0.5, 0.6) is 5.75 Å². The molecule has 1 aromatic heterocycles. The average Bonchev–Trinajstić information content (AvgIpc) is 3.26. The van der Waals surface area contributed by atoms with E-state index in [1.807, 2.05) is 49.4 Å². The number of para-hydroxylation sites is 1. The third kappa shape index (κ3) is 6.22. The Bertz CT molecular complexity index is 1170. The number of hydrogen-bond acceptors (Lipinski definition) is 5. The Morgan fingerprint density at radius 2 is 2.06 bits per heavy atom. The molecule has 1 N–H and O–H groups in total. The third-order valence-electron chi connectivity index (χ3n) is 4.74. The van der Waals surface area contributed by atoms with Gasteiger partial charge in [-0.25, -0.2) is 4.68 Å². The number of benzene rings is 2. The molecular formula is C25H25ClN4O3. The molecule has 1 heterocycles. The van der Waals surface area contributed by atoms with Crippen molar-refractivity contribution >= 4 is 23.6 Å². The van der Waals surface area contributed by atoms with Crippen LogP contribution >= 0.6 is 11.6 Å². The van der Waals surface area contributed by atoms with Crippen LogP contribution in [-0.4, -0.2) is 42.6 Å². The molecule has 0 aliphatic rings. The molecule has 0 saturated heterocycles. The van der Waals surface area contributed by atoms with Crippen molar-refractivity contribution in [2.24, 2.45) is 0 Å². The molecule has 170 valence electrons. The molecule has 2 aromatic carbocycles. The molecule has 0 bridgehead atoms. The summed E-state index contributed by atoms with van der Waals surface area (Å²) in [6.07, 6.45) is 3.98. The minimum absolute atomic E-state index is 0.0155. The molecule has 3 aromatic rings. The number of carbonyl (C=O) groups is 1. The second kappa shape index (κ2) is 11.9. The number of rotatable bonds is 10. The van der Waals surface area contributed by atoms with E-state index in [0.717, 1.165) is 11.3 Å². The summed E-state index contributed by atoms with van der Waals surface area (Å²) < 4.78 is 12.2. The van der Waals surface area contributed by atoms with Crippen molar-refractivity contribution in [2.45, 2.75) is 13.3 Å². The van der Waals surface area contributed by atoms with Crippen molar-refractivity contribution in [3.05, 3.63) is 70.9 Å². The minimum Gasteiger partial charge on any atom is -0.492 e. The fourth-order valence-electron chi connectivity index (χ4n) is 3.17. The van der Waals surface area contributed by atoms with Gasteiger partial charge >= 0.3 is 0 Å². The molecule has 0 aliphatic carbocycles. The smallest absolute Gasteiger partial charge is 0.261 e. The van der Waals surface area contributed by atoms with Gasteiger partial charge in [-0.1, -0.05) is 29.8 Å². The predicted molar refractivity (Wildman–Crippen MR) is 128 cm³/mol. The Hall–Kier alpha value is -3.60. The largest absolute Gasteiger partial charge is 0.492 e. The fourth-order valence-corrected chi connectivity index (χ4v) is 3.40. The Morgan fingerprint density at radius 1 is 1.27 bits per heavy atom. The average molecular weight is 465 g/mol. The van der Waals surface area contributed by atoms with Gasteiger partial charge in [0.1, 0.15) is 23.1 Å². The van der Waals surface area contributed by atoms with Crippen molar-refractivity contribution in [3.63, 3.8) is 0 Å². The number of nitrogens with zero attached hydrogens (tertiary/aromatic N) is 3. The van der Waals surface area contributed by atoms with Crippen LogP contribution in [0.4, 0.5) is 0 Å². The third-order valence-corrected chi connectivity index (χ3v) is 5.04. The zero-order valence-electron chi connectivity index (χ0n) is 18.5. The Balaban J connectivity index is 2.01. The molecule has 0 spiro atoms. The number of amides is 1. The lowest BCUT2D eigenvalue weighted by Gasteiger charge is -2.07. The Kier molecular flexibility index (Phi) is 8.64. The highest BCUT2D eigenvalue weighted by Gasteiger charge is 2.16. The molecule has 0 aliphatic heterocycles. The van der Waals surface area contributed by atoms with Gasteiger partial charge < -0.3 is 14.8 Å². The van der Waals surface area contributed by atoms with Crippen LogP contribution in [0, 0.1) is 11.3 Å². The molecule has 33 heavy (non-hydrogen) atoms. The summed E-state index contributed by atoms with van der Waals surface area (Å²) in [4.78, 5) is 12.5. The summed E-state index contributed by atoms with van der Waals surface area (Å²) in [7, 11) is 1.60. The van der Waals surface area contributed by atoms with Crippen LogP contribution < -0.4 is 10.1 Å². The molecule has 1 amide bonds. The van der Waals surface area contributed by atoms with Gasteiger partial charge in [0.2, 0.25) is 0 Å². The standard InChI is InChI=1S/C25H25ClN4O3/c1-3-33-23-11-10-18(15-22(23)26)24-20(17-30(29-24)21-8-5-4-6-9-21)14-19(16-27)25(31)28-12-7-13-32-2/h4-6,8-11,14-15,17H,3,7,12-13H2,1-2H3,(H,28,31). The summed E-state index contributed by atoms with van der Waals surface area (Å²) in [5, 5.41) is 17.5. The van der Waals surface area contributed by atoms with E-state index in [9.17, 15) is 10.1 Å². The molecule has 0 atom stereocenters. The van der Waals surface area contributed by atoms with E-state index in [1.165, 1.54) is 6.08 Å².